The van der Waals surface area contributed by atoms with Gasteiger partial charge >= 0.3 is 0 Å². The average molecular weight is 418 g/mol. The van der Waals surface area contributed by atoms with Crippen LogP contribution in [0.25, 0.3) is 0 Å². The van der Waals surface area contributed by atoms with E-state index in [4.69, 9.17) is 4.42 Å². The van der Waals surface area contributed by atoms with Gasteiger partial charge in [0, 0.05) is 44.3 Å². The molecule has 0 saturated carbocycles. The van der Waals surface area contributed by atoms with Crippen LogP contribution in [0, 0.1) is 6.92 Å². The number of hydrogen-bond acceptors (Lipinski definition) is 5. The lowest BCUT2D eigenvalue weighted by Crippen LogP contribution is -2.48. The fourth-order valence-corrected chi connectivity index (χ4v) is 6.26. The number of amides is 1. The number of piperidine rings is 1. The number of fused-ring (bicyclic) bond motifs is 2. The van der Waals surface area contributed by atoms with Gasteiger partial charge in [0.15, 0.2) is 5.76 Å². The number of carbonyl (C=O) groups excluding carboxylic acids is 1. The maximum atomic E-state index is 12.9. The van der Waals surface area contributed by atoms with E-state index in [1.165, 1.54) is 23.2 Å². The first kappa shape index (κ1) is 20.6. The third-order valence-corrected chi connectivity index (χ3v) is 8.09. The van der Waals surface area contributed by atoms with Crippen LogP contribution in [0.4, 0.5) is 0 Å². The average Bonchev–Trinajstić information content (AvgIpc) is 3.34. The molecule has 1 N–H and O–H groups in total. The zero-order chi connectivity index (χ0) is 18.5. The first-order chi connectivity index (χ1) is 12.4. The molecule has 0 radical (unpaired) electrons. The van der Waals surface area contributed by atoms with E-state index < -0.39 is 10.0 Å². The Balaban J connectivity index is 0.00000210. The Morgan fingerprint density at radius 3 is 2.41 bits per heavy atom. The van der Waals surface area contributed by atoms with Gasteiger partial charge in [-0.15, -0.1) is 12.4 Å². The molecule has 1 aromatic heterocycles. The summed E-state index contributed by atoms with van der Waals surface area (Å²) in [5.74, 6) is 0.176. The van der Waals surface area contributed by atoms with E-state index in [1.54, 1.807) is 18.9 Å². The summed E-state index contributed by atoms with van der Waals surface area (Å²) in [5.41, 5.74) is 0. The van der Waals surface area contributed by atoms with E-state index in [0.29, 0.717) is 30.9 Å². The largest absolute Gasteiger partial charge is 0.455 e. The fourth-order valence-electron chi connectivity index (χ4n) is 4.58. The van der Waals surface area contributed by atoms with Crippen molar-refractivity contribution in [3.63, 3.8) is 0 Å². The van der Waals surface area contributed by atoms with Gasteiger partial charge in [-0.25, -0.2) is 8.42 Å². The van der Waals surface area contributed by atoms with Gasteiger partial charge in [0.05, 0.1) is 0 Å². The summed E-state index contributed by atoms with van der Waals surface area (Å²) in [7, 11) is -1.79. The molecule has 9 heteroatoms. The summed E-state index contributed by atoms with van der Waals surface area (Å²) >= 11 is 0. The van der Waals surface area contributed by atoms with Crippen LogP contribution in [0.2, 0.25) is 0 Å². The highest BCUT2D eigenvalue weighted by Crippen LogP contribution is 2.31. The molecule has 4 rings (SSSR count). The van der Waals surface area contributed by atoms with Crippen molar-refractivity contribution in [3.05, 3.63) is 17.6 Å². The first-order valence-corrected chi connectivity index (χ1v) is 10.9. The number of rotatable bonds is 4. The smallest absolute Gasteiger partial charge is 0.289 e. The maximum Gasteiger partial charge on any atom is 0.289 e. The zero-order valence-electron chi connectivity index (χ0n) is 15.8. The first-order valence-electron chi connectivity index (χ1n) is 9.50. The summed E-state index contributed by atoms with van der Waals surface area (Å²) in [4.78, 5) is 14.8. The number of nitrogens with zero attached hydrogens (tertiary/aromatic N) is 2. The van der Waals surface area contributed by atoms with Gasteiger partial charge in [-0.3, -0.25) is 4.79 Å². The Bertz CT molecular complexity index is 792. The van der Waals surface area contributed by atoms with Crippen molar-refractivity contribution < 1.29 is 17.6 Å². The molecule has 3 aliphatic heterocycles. The highest BCUT2D eigenvalue weighted by molar-refractivity contribution is 7.89. The summed E-state index contributed by atoms with van der Waals surface area (Å²) < 4.78 is 32.6. The van der Waals surface area contributed by atoms with Crippen molar-refractivity contribution in [2.75, 3.05) is 20.1 Å². The van der Waals surface area contributed by atoms with Crippen LogP contribution in [0.1, 0.15) is 54.8 Å². The van der Waals surface area contributed by atoms with Crippen molar-refractivity contribution in [3.8, 4) is 0 Å². The van der Waals surface area contributed by atoms with E-state index in [0.717, 1.165) is 25.7 Å². The topological polar surface area (TPSA) is 82.9 Å². The van der Waals surface area contributed by atoms with Gasteiger partial charge in [0.2, 0.25) is 10.0 Å². The van der Waals surface area contributed by atoms with Crippen LogP contribution < -0.4 is 5.32 Å². The van der Waals surface area contributed by atoms with E-state index in [-0.39, 0.29) is 35.0 Å². The van der Waals surface area contributed by atoms with E-state index >= 15 is 0 Å². The van der Waals surface area contributed by atoms with Crippen molar-refractivity contribution in [1.82, 2.24) is 14.5 Å². The van der Waals surface area contributed by atoms with Crippen LogP contribution in [-0.4, -0.2) is 61.8 Å². The Labute approximate surface area is 166 Å². The number of aryl methyl sites for hydroxylation is 1. The number of halogens is 1. The molecular weight excluding hydrogens is 390 g/mol. The predicted octanol–water partition coefficient (Wildman–Crippen LogP) is 2.15. The minimum Gasteiger partial charge on any atom is -0.455 e. The van der Waals surface area contributed by atoms with Gasteiger partial charge in [0.25, 0.3) is 5.91 Å². The number of nitrogens with one attached hydrogen (secondary N) is 1. The van der Waals surface area contributed by atoms with Crippen LogP contribution in [0.15, 0.2) is 15.4 Å². The maximum absolute atomic E-state index is 12.9. The molecule has 152 valence electrons. The molecule has 0 spiro atoms. The van der Waals surface area contributed by atoms with Gasteiger partial charge in [0.1, 0.15) is 10.7 Å². The molecule has 4 heterocycles. The number of furan rings is 1. The number of sulfonamides is 1. The third-order valence-electron chi connectivity index (χ3n) is 6.08. The molecule has 2 atom stereocenters. The predicted molar refractivity (Wildman–Crippen MR) is 104 cm³/mol. The van der Waals surface area contributed by atoms with Crippen molar-refractivity contribution in [1.29, 1.82) is 0 Å². The summed E-state index contributed by atoms with van der Waals surface area (Å²) in [5, 5.41) is 3.57. The number of hydrogen-bond donors (Lipinski definition) is 1. The molecule has 2 unspecified atom stereocenters. The normalized spacial score (nSPS) is 28.1. The molecule has 3 saturated heterocycles. The standard InChI is InChI=1S/C18H27N3O4S.ClH/c1-12-17(26(23,24)21-7-3-4-8-21)11-16(25-12)18(22)20(2)15-9-13-5-6-14(10-15)19-13;/h11,13-15,19H,3-10H2,1-2H3;1H. The van der Waals surface area contributed by atoms with Gasteiger partial charge in [-0.05, 0) is 45.4 Å². The van der Waals surface area contributed by atoms with E-state index in [2.05, 4.69) is 5.32 Å². The molecule has 1 aromatic rings. The third kappa shape index (κ3) is 3.77. The number of carbonyl (C=O) groups is 1. The molecule has 2 bridgehead atoms. The molecule has 3 fully saturated rings. The van der Waals surface area contributed by atoms with Crippen molar-refractivity contribution >= 4 is 28.3 Å². The van der Waals surface area contributed by atoms with Crippen LogP contribution in [0.3, 0.4) is 0 Å². The van der Waals surface area contributed by atoms with Crippen LogP contribution >= 0.6 is 12.4 Å². The second-order valence-electron chi connectivity index (χ2n) is 7.82. The molecule has 7 nitrogen and oxygen atoms in total. The van der Waals surface area contributed by atoms with E-state index in [9.17, 15) is 13.2 Å². The van der Waals surface area contributed by atoms with Crippen LogP contribution in [0.5, 0.6) is 0 Å². The van der Waals surface area contributed by atoms with Crippen molar-refractivity contribution in [2.45, 2.75) is 68.5 Å². The second kappa shape index (κ2) is 7.73. The highest BCUT2D eigenvalue weighted by atomic mass is 35.5. The zero-order valence-corrected chi connectivity index (χ0v) is 17.4. The monoisotopic (exact) mass is 417 g/mol. The lowest BCUT2D eigenvalue weighted by Gasteiger charge is -2.35. The van der Waals surface area contributed by atoms with Gasteiger partial charge in [-0.1, -0.05) is 0 Å². The quantitative estimate of drug-likeness (QED) is 0.811. The van der Waals surface area contributed by atoms with Crippen LogP contribution in [-0.2, 0) is 10.0 Å². The molecule has 27 heavy (non-hydrogen) atoms. The Morgan fingerprint density at radius 1 is 1.22 bits per heavy atom. The molecule has 0 aliphatic carbocycles. The highest BCUT2D eigenvalue weighted by Gasteiger charge is 2.38. The lowest BCUT2D eigenvalue weighted by molar-refractivity contribution is 0.0648. The van der Waals surface area contributed by atoms with Gasteiger partial charge < -0.3 is 14.6 Å². The molecule has 3 aliphatic rings. The van der Waals surface area contributed by atoms with Gasteiger partial charge in [-0.2, -0.15) is 4.31 Å². The summed E-state index contributed by atoms with van der Waals surface area (Å²) in [6.07, 6.45) is 5.97. The molecule has 0 aromatic carbocycles. The van der Waals surface area contributed by atoms with Crippen molar-refractivity contribution in [2.24, 2.45) is 0 Å². The van der Waals surface area contributed by atoms with E-state index in [1.807, 2.05) is 0 Å². The second-order valence-corrected chi connectivity index (χ2v) is 9.73. The Kier molecular flexibility index (Phi) is 5.91. The lowest BCUT2D eigenvalue weighted by atomic mass is 9.98. The summed E-state index contributed by atoms with van der Waals surface area (Å²) in [6, 6.07) is 2.56. The fraction of sp³-hybridized carbons (Fsp3) is 0.722. The minimum atomic E-state index is -3.58. The Morgan fingerprint density at radius 2 is 1.81 bits per heavy atom. The SMILES string of the molecule is Cc1oc(C(=O)N(C)C2CC3CCC(C2)N3)cc1S(=O)(=O)N1CCCC1.Cl. The summed E-state index contributed by atoms with van der Waals surface area (Å²) in [6.45, 7) is 2.69. The molecule has 1 amide bonds. The Hall–Kier alpha value is -1.09. The minimum absolute atomic E-state index is 0. The molecular formula is C18H28ClN3O4S.